The van der Waals surface area contributed by atoms with Crippen LogP contribution in [0.15, 0.2) is 12.2 Å². The van der Waals surface area contributed by atoms with Gasteiger partial charge >= 0.3 is 0 Å². The van der Waals surface area contributed by atoms with Gasteiger partial charge in [0, 0.05) is 6.42 Å². The van der Waals surface area contributed by atoms with Gasteiger partial charge in [-0.15, -0.1) is 0 Å². The number of carbonyl (C=O) groups excluding carboxylic acids is 1. The lowest BCUT2D eigenvalue weighted by atomic mass is 9.96. The van der Waals surface area contributed by atoms with Crippen LogP contribution in [0.1, 0.15) is 303 Å². The van der Waals surface area contributed by atoms with Crippen LogP contribution in [0.3, 0.4) is 0 Å². The van der Waals surface area contributed by atoms with Crippen LogP contribution in [0.2, 0.25) is 0 Å². The summed E-state index contributed by atoms with van der Waals surface area (Å²) in [6, 6.07) is -0.879. The molecule has 3 fully saturated rings. The largest absolute Gasteiger partial charge is 0.394 e. The summed E-state index contributed by atoms with van der Waals surface area (Å²) in [5, 5.41) is 120. The summed E-state index contributed by atoms with van der Waals surface area (Å²) in [6.45, 7) is 1.74. The molecule has 12 N–H and O–H groups in total. The van der Waals surface area contributed by atoms with Gasteiger partial charge in [-0.2, -0.15) is 0 Å². The fourth-order valence-electron chi connectivity index (χ4n) is 12.8. The number of allylic oxidation sites excluding steroid dienone is 2. The molecule has 0 aromatic rings. The number of unbranched alkanes of at least 4 members (excludes halogenated alkanes) is 40. The molecule has 0 aliphatic carbocycles. The van der Waals surface area contributed by atoms with E-state index in [2.05, 4.69) is 31.3 Å². The number of ether oxygens (including phenoxy) is 6. The van der Waals surface area contributed by atoms with Crippen molar-refractivity contribution in [1.29, 1.82) is 0 Å². The first-order valence-electron chi connectivity index (χ1n) is 36.9. The van der Waals surface area contributed by atoms with E-state index in [4.69, 9.17) is 28.4 Å². The number of hydrogen-bond donors (Lipinski definition) is 12. The molecule has 0 radical (unpaired) electrons. The standard InChI is InChI=1S/C71H135NO18/c1-3-5-7-9-11-12-13-14-15-16-17-18-19-20-21-22-23-24-25-26-27-28-29-30-31-32-33-34-35-36-37-38-39-40-41-42-43-45-47-49-59(77)72-54(55(76)48-46-44-10-8-6-4-2)53-85-69-65(83)62(80)67(57(51-74)87-69)90-71-66(84)63(81)68(58(52-75)88-71)89-70-64(82)61(79)60(78)56(50-73)86-70/h16-17,54-58,60-71,73-76,78-84H,3-15,18-53H2,1-2H3,(H,72,77)/b17-16-. The van der Waals surface area contributed by atoms with E-state index in [9.17, 15) is 61.0 Å². The first kappa shape index (κ1) is 82.8. The zero-order valence-corrected chi connectivity index (χ0v) is 56.4. The van der Waals surface area contributed by atoms with E-state index in [-0.39, 0.29) is 18.9 Å². The van der Waals surface area contributed by atoms with Crippen LogP contribution >= 0.6 is 0 Å². The zero-order valence-electron chi connectivity index (χ0n) is 56.4. The summed E-state index contributed by atoms with van der Waals surface area (Å²) in [5.41, 5.74) is 0. The Labute approximate surface area is 544 Å². The summed E-state index contributed by atoms with van der Waals surface area (Å²) in [4.78, 5) is 13.3. The number of hydrogen-bond acceptors (Lipinski definition) is 18. The van der Waals surface area contributed by atoms with Gasteiger partial charge in [0.25, 0.3) is 0 Å². The molecule has 532 valence electrons. The van der Waals surface area contributed by atoms with Gasteiger partial charge in [0.2, 0.25) is 5.91 Å². The highest BCUT2D eigenvalue weighted by Gasteiger charge is 2.53. The third-order valence-corrected chi connectivity index (χ3v) is 18.8. The second-order valence-corrected chi connectivity index (χ2v) is 26.8. The van der Waals surface area contributed by atoms with Crippen LogP contribution in [0, 0.1) is 0 Å². The Morgan fingerprint density at radius 2 is 0.700 bits per heavy atom. The fourth-order valence-corrected chi connectivity index (χ4v) is 12.8. The molecular formula is C71H135NO18. The van der Waals surface area contributed by atoms with Gasteiger partial charge in [-0.25, -0.2) is 0 Å². The SMILES string of the molecule is CCCCCCCCCC/C=C\CCCCCCCCCCCCCCCCCCCCCCCCCCCCCC(=O)NC(COC1OC(CO)C(OC2OC(CO)C(OC3OC(CO)C(O)C(O)C3O)C(O)C2O)C(O)C1O)C(O)CCCCCCCC. The van der Waals surface area contributed by atoms with Crippen molar-refractivity contribution in [2.24, 2.45) is 0 Å². The molecule has 0 aromatic carbocycles. The molecule has 3 heterocycles. The van der Waals surface area contributed by atoms with E-state index >= 15 is 0 Å². The summed E-state index contributed by atoms with van der Waals surface area (Å²) >= 11 is 0. The Balaban J connectivity index is 1.21. The zero-order chi connectivity index (χ0) is 65.4. The molecule has 3 aliphatic rings. The molecule has 17 atom stereocenters. The first-order chi connectivity index (χ1) is 43.8. The van der Waals surface area contributed by atoms with Crippen LogP contribution in [-0.2, 0) is 33.2 Å². The number of rotatable bonds is 58. The highest BCUT2D eigenvalue weighted by atomic mass is 16.8. The minimum absolute atomic E-state index is 0.242. The van der Waals surface area contributed by atoms with Crippen molar-refractivity contribution >= 4 is 5.91 Å². The molecule has 3 rings (SSSR count). The maximum Gasteiger partial charge on any atom is 0.220 e. The quantitative estimate of drug-likeness (QED) is 0.0199. The van der Waals surface area contributed by atoms with Gasteiger partial charge in [0.1, 0.15) is 73.2 Å². The summed E-state index contributed by atoms with van der Waals surface area (Å²) < 4.78 is 34.2. The Hall–Kier alpha value is -1.47. The molecule has 90 heavy (non-hydrogen) atoms. The first-order valence-corrected chi connectivity index (χ1v) is 36.9. The summed E-state index contributed by atoms with van der Waals surface area (Å²) in [5.74, 6) is -0.242. The predicted molar refractivity (Wildman–Crippen MR) is 351 cm³/mol. The average molecular weight is 1290 g/mol. The van der Waals surface area contributed by atoms with Gasteiger partial charge in [0.05, 0.1) is 38.6 Å². The van der Waals surface area contributed by atoms with Gasteiger partial charge in [0.15, 0.2) is 18.9 Å². The normalized spacial score (nSPS) is 28.0. The van der Waals surface area contributed by atoms with Crippen LogP contribution in [-0.4, -0.2) is 193 Å². The van der Waals surface area contributed by atoms with E-state index < -0.39 is 124 Å². The molecule has 0 spiro atoms. The lowest BCUT2D eigenvalue weighted by Crippen LogP contribution is -2.66. The maximum absolute atomic E-state index is 13.3. The molecular weight excluding hydrogens is 1150 g/mol. The van der Waals surface area contributed by atoms with Gasteiger partial charge in [-0.05, 0) is 38.5 Å². The number of amides is 1. The number of aliphatic hydroxyl groups excluding tert-OH is 11. The van der Waals surface area contributed by atoms with E-state index in [1.54, 1.807) is 0 Å². The smallest absolute Gasteiger partial charge is 0.220 e. The van der Waals surface area contributed by atoms with Crippen molar-refractivity contribution in [3.05, 3.63) is 12.2 Å². The van der Waals surface area contributed by atoms with Crippen LogP contribution < -0.4 is 5.32 Å². The third kappa shape index (κ3) is 35.0. The molecule has 1 amide bonds. The molecule has 3 aliphatic heterocycles. The highest BCUT2D eigenvalue weighted by Crippen LogP contribution is 2.33. The number of carbonyl (C=O) groups is 1. The summed E-state index contributed by atoms with van der Waals surface area (Å²) in [7, 11) is 0. The van der Waals surface area contributed by atoms with E-state index in [1.165, 1.54) is 212 Å². The van der Waals surface area contributed by atoms with Crippen molar-refractivity contribution < 1.29 is 89.4 Å². The number of aliphatic hydroxyl groups is 11. The lowest BCUT2D eigenvalue weighted by Gasteiger charge is -2.48. The Kier molecular flexibility index (Phi) is 49.3. The average Bonchev–Trinajstić information content (AvgIpc) is 1.11. The van der Waals surface area contributed by atoms with Gasteiger partial charge < -0.3 is 89.9 Å². The fraction of sp³-hybridized carbons (Fsp3) is 0.958. The molecule has 19 heteroatoms. The Morgan fingerprint density at radius 3 is 1.08 bits per heavy atom. The van der Waals surface area contributed by atoms with Crippen molar-refractivity contribution in [1.82, 2.24) is 5.32 Å². The minimum atomic E-state index is -1.97. The molecule has 0 saturated carbocycles. The van der Waals surface area contributed by atoms with Crippen LogP contribution in [0.5, 0.6) is 0 Å². The summed E-state index contributed by atoms with van der Waals surface area (Å²) in [6.07, 6.45) is 34.2. The minimum Gasteiger partial charge on any atom is -0.394 e. The van der Waals surface area contributed by atoms with Gasteiger partial charge in [-0.3, -0.25) is 4.79 Å². The highest BCUT2D eigenvalue weighted by molar-refractivity contribution is 5.76. The number of nitrogens with one attached hydrogen (secondary N) is 1. The van der Waals surface area contributed by atoms with Crippen LogP contribution in [0.4, 0.5) is 0 Å². The Morgan fingerprint density at radius 1 is 0.389 bits per heavy atom. The van der Waals surface area contributed by atoms with Crippen LogP contribution in [0.25, 0.3) is 0 Å². The van der Waals surface area contributed by atoms with E-state index in [0.717, 1.165) is 57.8 Å². The predicted octanol–water partition coefficient (Wildman–Crippen LogP) is 10.4. The van der Waals surface area contributed by atoms with Crippen molar-refractivity contribution in [3.63, 3.8) is 0 Å². The molecule has 3 saturated heterocycles. The van der Waals surface area contributed by atoms with E-state index in [0.29, 0.717) is 12.8 Å². The van der Waals surface area contributed by atoms with E-state index in [1.807, 2.05) is 0 Å². The van der Waals surface area contributed by atoms with Crippen molar-refractivity contribution in [3.8, 4) is 0 Å². The molecule has 17 unspecified atom stereocenters. The van der Waals surface area contributed by atoms with Gasteiger partial charge in [-0.1, -0.05) is 270 Å². The second kappa shape index (κ2) is 53.6. The molecule has 0 bridgehead atoms. The maximum atomic E-state index is 13.3. The van der Waals surface area contributed by atoms with Crippen molar-refractivity contribution in [2.75, 3.05) is 26.4 Å². The lowest BCUT2D eigenvalue weighted by molar-refractivity contribution is -0.379. The molecule has 0 aromatic heterocycles. The Bertz CT molecular complexity index is 1680. The van der Waals surface area contributed by atoms with Crippen molar-refractivity contribution in [2.45, 2.75) is 407 Å². The third-order valence-electron chi connectivity index (χ3n) is 18.8. The molecule has 19 nitrogen and oxygen atoms in total. The topological polar surface area (TPSA) is 307 Å². The monoisotopic (exact) mass is 1290 g/mol. The second-order valence-electron chi connectivity index (χ2n) is 26.8.